The zero-order valence-electron chi connectivity index (χ0n) is 44.9. The second kappa shape index (κ2) is 23.2. The largest absolute Gasteiger partial charge is 0.497 e. The van der Waals surface area contributed by atoms with Crippen LogP contribution in [0.25, 0.3) is 32.9 Å². The number of hydrogen-bond donors (Lipinski definition) is 0. The molecule has 0 radical (unpaired) electrons. The maximum absolute atomic E-state index is 6.41. The van der Waals surface area contributed by atoms with Crippen LogP contribution in [-0.4, -0.2) is 19.2 Å². The molecule has 0 aliphatic rings. The van der Waals surface area contributed by atoms with Crippen LogP contribution in [-0.2, 0) is 0 Å². The van der Waals surface area contributed by atoms with Gasteiger partial charge in [-0.25, -0.2) is 4.98 Å². The second-order valence-electron chi connectivity index (χ2n) is 19.5. The number of aryl methyl sites for hydroxylation is 1. The number of hydrogen-bond acceptors (Lipinski definition) is 6. The van der Waals surface area contributed by atoms with Gasteiger partial charge in [-0.05, 0) is 219 Å². The third kappa shape index (κ3) is 11.3. The van der Waals surface area contributed by atoms with E-state index in [4.69, 9.17) is 26.1 Å². The van der Waals surface area contributed by atoms with Gasteiger partial charge in [-0.2, -0.15) is 0 Å². The first-order valence-electron chi connectivity index (χ1n) is 26.7. The van der Waals surface area contributed by atoms with Crippen molar-refractivity contribution in [2.24, 2.45) is 0 Å². The fourth-order valence-corrected chi connectivity index (χ4v) is 10.2. The molecule has 0 aliphatic heterocycles. The zero-order chi connectivity index (χ0) is 55.1. The van der Waals surface area contributed by atoms with Crippen LogP contribution in [0.2, 0.25) is 5.02 Å². The lowest BCUT2D eigenvalue weighted by molar-refractivity contribution is 0.415. The molecule has 0 fully saturated rings. The number of fused-ring (bicyclic) bond motifs is 2. The molecule has 81 heavy (non-hydrogen) atoms. The highest BCUT2D eigenvalue weighted by atomic mass is 35.5. The summed E-state index contributed by atoms with van der Waals surface area (Å²) in [6.07, 6.45) is 0. The van der Waals surface area contributed by atoms with Crippen LogP contribution < -0.4 is 24.2 Å². The van der Waals surface area contributed by atoms with E-state index >= 15 is 0 Å². The number of anilines is 9. The van der Waals surface area contributed by atoms with E-state index in [0.29, 0.717) is 5.02 Å². The highest BCUT2D eigenvalue weighted by molar-refractivity contribution is 6.30. The molecule has 11 aromatic carbocycles. The van der Waals surface area contributed by atoms with Crippen molar-refractivity contribution >= 4 is 84.6 Å². The van der Waals surface area contributed by atoms with Gasteiger partial charge in [0.1, 0.15) is 11.5 Å². The number of benzene rings is 11. The van der Waals surface area contributed by atoms with Crippen LogP contribution in [0.1, 0.15) is 27.8 Å². The second-order valence-corrected chi connectivity index (χ2v) is 19.9. The number of nitrogens with zero attached hydrogens (tertiary/aromatic N) is 4. The van der Waals surface area contributed by atoms with Crippen LogP contribution in [0.3, 0.4) is 0 Å². The average Bonchev–Trinajstić information content (AvgIpc) is 3.66. The van der Waals surface area contributed by atoms with Gasteiger partial charge in [0.15, 0.2) is 0 Å². The van der Waals surface area contributed by atoms with Crippen molar-refractivity contribution in [3.63, 3.8) is 0 Å². The standard InChI is InChI=1S/C74H53ClN4O2/c1-52-12-30-59(31-13-52)77(61-34-20-54(21-35-61)15-17-56-24-38-63(39-25-56)79(66-44-48-68(80-2)49-45-66)67-46-50-69(81-3)51-47-67)60-32-18-53(19-33-60)14-16-55-22-36-62(37-23-55)78(65-42-28-58(75)29-43-65)64-40-26-57(27-41-64)74-70-8-4-6-10-72(70)76-73-11-7-5-9-71(73)74/h4-13,18-51H,1-3H3. The summed E-state index contributed by atoms with van der Waals surface area (Å²) < 4.78 is 10.9. The molecule has 0 amide bonds. The molecule has 12 rings (SSSR count). The summed E-state index contributed by atoms with van der Waals surface area (Å²) in [5, 5.41) is 2.93. The molecule has 6 nitrogen and oxygen atoms in total. The maximum atomic E-state index is 6.41. The lowest BCUT2D eigenvalue weighted by Crippen LogP contribution is -2.10. The highest BCUT2D eigenvalue weighted by Crippen LogP contribution is 2.41. The minimum absolute atomic E-state index is 0.684. The van der Waals surface area contributed by atoms with E-state index in [1.165, 1.54) is 11.1 Å². The lowest BCUT2D eigenvalue weighted by Gasteiger charge is -2.26. The summed E-state index contributed by atoms with van der Waals surface area (Å²) >= 11 is 6.41. The monoisotopic (exact) mass is 1060 g/mol. The van der Waals surface area contributed by atoms with E-state index < -0.39 is 0 Å². The molecule has 0 bridgehead atoms. The molecular weight excluding hydrogens is 1010 g/mol. The van der Waals surface area contributed by atoms with Gasteiger partial charge in [0, 0.05) is 94.8 Å². The fourth-order valence-electron chi connectivity index (χ4n) is 10.1. The van der Waals surface area contributed by atoms with Gasteiger partial charge in [0.25, 0.3) is 0 Å². The van der Waals surface area contributed by atoms with Crippen molar-refractivity contribution in [2.75, 3.05) is 28.9 Å². The number of methoxy groups -OCH3 is 2. The van der Waals surface area contributed by atoms with Gasteiger partial charge in [0.2, 0.25) is 0 Å². The van der Waals surface area contributed by atoms with Crippen molar-refractivity contribution < 1.29 is 9.47 Å². The van der Waals surface area contributed by atoms with Crippen molar-refractivity contribution in [1.82, 2.24) is 4.98 Å². The molecule has 1 heterocycles. The number of aromatic nitrogens is 1. The highest BCUT2D eigenvalue weighted by Gasteiger charge is 2.18. The van der Waals surface area contributed by atoms with Crippen molar-refractivity contribution in [3.8, 4) is 46.3 Å². The van der Waals surface area contributed by atoms with E-state index in [1.807, 2.05) is 60.7 Å². The molecule has 0 spiro atoms. The van der Waals surface area contributed by atoms with Crippen LogP contribution >= 0.6 is 11.6 Å². The first-order valence-corrected chi connectivity index (χ1v) is 27.0. The van der Waals surface area contributed by atoms with Crippen molar-refractivity contribution in [1.29, 1.82) is 0 Å². The van der Waals surface area contributed by atoms with Gasteiger partial charge in [-0.3, -0.25) is 0 Å². The summed E-state index contributed by atoms with van der Waals surface area (Å²) in [5.41, 5.74) is 18.2. The van der Waals surface area contributed by atoms with Crippen molar-refractivity contribution in [3.05, 3.63) is 300 Å². The van der Waals surface area contributed by atoms with E-state index in [0.717, 1.165) is 112 Å². The Bertz CT molecular complexity index is 4180. The number of pyridine rings is 1. The number of rotatable bonds is 12. The minimum atomic E-state index is 0.684. The summed E-state index contributed by atoms with van der Waals surface area (Å²) in [6.45, 7) is 2.11. The van der Waals surface area contributed by atoms with E-state index in [-0.39, 0.29) is 0 Å². The third-order valence-electron chi connectivity index (χ3n) is 14.2. The number of para-hydroxylation sites is 2. The summed E-state index contributed by atoms with van der Waals surface area (Å²) in [4.78, 5) is 11.7. The molecule has 0 unspecified atom stereocenters. The van der Waals surface area contributed by atoms with Gasteiger partial charge in [-0.15, -0.1) is 0 Å². The molecule has 0 aliphatic carbocycles. The van der Waals surface area contributed by atoms with Crippen LogP contribution in [0, 0.1) is 30.6 Å². The maximum Gasteiger partial charge on any atom is 0.119 e. The average molecular weight is 1070 g/mol. The summed E-state index contributed by atoms with van der Waals surface area (Å²) in [6, 6.07) is 91.7. The van der Waals surface area contributed by atoms with Gasteiger partial charge >= 0.3 is 0 Å². The Hall–Kier alpha value is -10.5. The summed E-state index contributed by atoms with van der Waals surface area (Å²) in [7, 11) is 3.35. The van der Waals surface area contributed by atoms with E-state index in [9.17, 15) is 0 Å². The first kappa shape index (κ1) is 51.3. The van der Waals surface area contributed by atoms with Gasteiger partial charge in [-0.1, -0.05) is 102 Å². The number of halogens is 1. The SMILES string of the molecule is COc1ccc(N(c2ccc(C#Cc3ccc(N(c4ccc(C)cc4)c4ccc(C#Cc5ccc(N(c6ccc(Cl)cc6)c6ccc(-c7c8ccccc8nc8ccccc78)cc6)cc5)cc4)cc3)cc2)c2ccc(OC)cc2)cc1. The minimum Gasteiger partial charge on any atom is -0.497 e. The molecule has 0 atom stereocenters. The predicted molar refractivity (Wildman–Crippen MR) is 336 cm³/mol. The first-order chi connectivity index (χ1) is 39.8. The summed E-state index contributed by atoms with van der Waals surface area (Å²) in [5.74, 6) is 15.2. The molecule has 1 aromatic heterocycles. The molecular formula is C74H53ClN4O2. The quantitative estimate of drug-likeness (QED) is 0.0897. The van der Waals surface area contributed by atoms with Gasteiger partial charge < -0.3 is 24.2 Å². The van der Waals surface area contributed by atoms with Crippen LogP contribution in [0.5, 0.6) is 11.5 Å². The van der Waals surface area contributed by atoms with Crippen molar-refractivity contribution in [2.45, 2.75) is 6.92 Å². The lowest BCUT2D eigenvalue weighted by atomic mass is 9.96. The molecule has 12 aromatic rings. The normalized spacial score (nSPS) is 10.8. The zero-order valence-corrected chi connectivity index (χ0v) is 45.6. The van der Waals surface area contributed by atoms with E-state index in [1.54, 1.807) is 14.2 Å². The Balaban J connectivity index is 0.765. The Labute approximate surface area is 478 Å². The Morgan fingerprint density at radius 2 is 0.593 bits per heavy atom. The molecule has 0 N–H and O–H groups in total. The van der Waals surface area contributed by atoms with E-state index in [2.05, 4.69) is 252 Å². The third-order valence-corrected chi connectivity index (χ3v) is 14.5. The van der Waals surface area contributed by atoms with Crippen LogP contribution in [0.4, 0.5) is 51.2 Å². The van der Waals surface area contributed by atoms with Crippen LogP contribution in [0.15, 0.2) is 267 Å². The predicted octanol–water partition coefficient (Wildman–Crippen LogP) is 19.2. The molecule has 0 saturated heterocycles. The molecule has 0 saturated carbocycles. The Morgan fingerprint density at radius 1 is 0.321 bits per heavy atom. The smallest absolute Gasteiger partial charge is 0.119 e. The van der Waals surface area contributed by atoms with Gasteiger partial charge in [0.05, 0.1) is 25.3 Å². The molecule has 7 heteroatoms. The topological polar surface area (TPSA) is 41.1 Å². The Morgan fingerprint density at radius 3 is 0.914 bits per heavy atom. The Kier molecular flexibility index (Phi) is 14.7. The molecule has 388 valence electrons. The fraction of sp³-hybridized carbons (Fsp3) is 0.0405. The number of ether oxygens (including phenoxy) is 2.